The van der Waals surface area contributed by atoms with Crippen molar-refractivity contribution in [3.63, 3.8) is 0 Å². The number of nitrogens with zero attached hydrogens (tertiary/aromatic N) is 3. The Balaban J connectivity index is 2.02. The van der Waals surface area contributed by atoms with Gasteiger partial charge in [-0.1, -0.05) is 6.07 Å². The monoisotopic (exact) mass is 334 g/mol. The summed E-state index contributed by atoms with van der Waals surface area (Å²) in [6, 6.07) is 5.01. The van der Waals surface area contributed by atoms with Crippen LogP contribution in [0, 0.1) is 13.8 Å². The van der Waals surface area contributed by atoms with Gasteiger partial charge in [-0.3, -0.25) is 0 Å². The summed E-state index contributed by atoms with van der Waals surface area (Å²) in [7, 11) is -1.67. The van der Waals surface area contributed by atoms with Gasteiger partial charge in [0.2, 0.25) is 10.0 Å². The maximum atomic E-state index is 13.1. The molecule has 2 aromatic rings. The second-order valence-corrected chi connectivity index (χ2v) is 7.87. The van der Waals surface area contributed by atoms with Crippen LogP contribution in [-0.2, 0) is 17.1 Å². The van der Waals surface area contributed by atoms with Crippen LogP contribution in [0.4, 0.5) is 0 Å². The van der Waals surface area contributed by atoms with E-state index in [2.05, 4.69) is 10.3 Å². The number of benzene rings is 1. The molecule has 0 amide bonds. The fourth-order valence-electron chi connectivity index (χ4n) is 2.90. The Bertz CT molecular complexity index is 813. The van der Waals surface area contributed by atoms with Crippen LogP contribution in [0.5, 0.6) is 0 Å². The number of aromatic nitrogens is 2. The predicted octanol–water partition coefficient (Wildman–Crippen LogP) is 1.37. The van der Waals surface area contributed by atoms with Gasteiger partial charge in [0.1, 0.15) is 5.82 Å². The van der Waals surface area contributed by atoms with Gasteiger partial charge in [0.05, 0.1) is 10.9 Å². The second-order valence-electron chi connectivity index (χ2n) is 5.98. The molecule has 1 saturated heterocycles. The number of rotatable bonds is 3. The molecule has 7 heteroatoms. The number of nitrogens with one attached hydrogen (secondary N) is 1. The zero-order chi connectivity index (χ0) is 16.6. The van der Waals surface area contributed by atoms with Crippen LogP contribution in [0.25, 0.3) is 0 Å². The summed E-state index contributed by atoms with van der Waals surface area (Å²) >= 11 is 0. The Hall–Kier alpha value is -1.70. The quantitative estimate of drug-likeness (QED) is 0.921. The first kappa shape index (κ1) is 16.2. The number of aryl methyl sites for hydroxylation is 3. The molecule has 1 N–H and O–H groups in total. The zero-order valence-corrected chi connectivity index (χ0v) is 14.5. The summed E-state index contributed by atoms with van der Waals surface area (Å²) in [5.74, 6) is 0.754. The van der Waals surface area contributed by atoms with Gasteiger partial charge in [-0.25, -0.2) is 13.4 Å². The first-order chi connectivity index (χ1) is 10.9. The van der Waals surface area contributed by atoms with Gasteiger partial charge >= 0.3 is 0 Å². The van der Waals surface area contributed by atoms with Gasteiger partial charge in [-0.2, -0.15) is 4.31 Å². The molecular formula is C16H22N4O2S. The molecule has 2 heterocycles. The van der Waals surface area contributed by atoms with Crippen LogP contribution in [0.15, 0.2) is 35.5 Å². The van der Waals surface area contributed by atoms with E-state index in [1.807, 2.05) is 37.7 Å². The molecule has 1 aliphatic rings. The number of hydrogen-bond donors (Lipinski definition) is 1. The Morgan fingerprint density at radius 2 is 2.04 bits per heavy atom. The minimum atomic E-state index is -3.55. The highest BCUT2D eigenvalue weighted by Gasteiger charge is 2.36. The van der Waals surface area contributed by atoms with Crippen LogP contribution in [0.3, 0.4) is 0 Å². The van der Waals surface area contributed by atoms with Crippen molar-refractivity contribution in [3.8, 4) is 0 Å². The SMILES string of the molecule is Cc1ccc(S(=O)(=O)N2CCNCC2c2nccn2C)cc1C. The van der Waals surface area contributed by atoms with Crippen molar-refractivity contribution >= 4 is 10.0 Å². The average molecular weight is 334 g/mol. The van der Waals surface area contributed by atoms with Gasteiger partial charge < -0.3 is 9.88 Å². The minimum absolute atomic E-state index is 0.296. The van der Waals surface area contributed by atoms with Crippen LogP contribution >= 0.6 is 0 Å². The lowest BCUT2D eigenvalue weighted by atomic mass is 10.1. The Morgan fingerprint density at radius 3 is 2.70 bits per heavy atom. The molecule has 3 rings (SSSR count). The highest BCUT2D eigenvalue weighted by atomic mass is 32.2. The highest BCUT2D eigenvalue weighted by molar-refractivity contribution is 7.89. The van der Waals surface area contributed by atoms with Gasteiger partial charge in [-0.15, -0.1) is 0 Å². The van der Waals surface area contributed by atoms with E-state index in [4.69, 9.17) is 0 Å². The molecule has 0 bridgehead atoms. The lowest BCUT2D eigenvalue weighted by molar-refractivity contribution is 0.258. The molecular weight excluding hydrogens is 312 g/mol. The Labute approximate surface area is 137 Å². The van der Waals surface area contributed by atoms with Gasteiger partial charge in [-0.05, 0) is 37.1 Å². The van der Waals surface area contributed by atoms with Crippen molar-refractivity contribution in [2.45, 2.75) is 24.8 Å². The maximum absolute atomic E-state index is 13.1. The molecule has 0 aliphatic carbocycles. The Kier molecular flexibility index (Phi) is 4.27. The standard InChI is InChI=1S/C16H22N4O2S/c1-12-4-5-14(10-13(12)2)23(21,22)20-9-6-17-11-15(20)16-18-7-8-19(16)3/h4-5,7-8,10,15,17H,6,9,11H2,1-3H3. The van der Waals surface area contributed by atoms with Gasteiger partial charge in [0.15, 0.2) is 0 Å². The topological polar surface area (TPSA) is 67.2 Å². The van der Waals surface area contributed by atoms with E-state index >= 15 is 0 Å². The molecule has 1 fully saturated rings. The van der Waals surface area contributed by atoms with E-state index in [1.54, 1.807) is 22.6 Å². The number of piperazine rings is 1. The molecule has 23 heavy (non-hydrogen) atoms. The van der Waals surface area contributed by atoms with Crippen molar-refractivity contribution < 1.29 is 8.42 Å². The highest BCUT2D eigenvalue weighted by Crippen LogP contribution is 2.28. The van der Waals surface area contributed by atoms with E-state index in [0.29, 0.717) is 24.5 Å². The second kappa shape index (κ2) is 6.07. The Morgan fingerprint density at radius 1 is 1.26 bits per heavy atom. The molecule has 0 spiro atoms. The molecule has 1 aromatic heterocycles. The molecule has 1 aliphatic heterocycles. The first-order valence-electron chi connectivity index (χ1n) is 7.68. The normalized spacial score (nSPS) is 19.9. The van der Waals surface area contributed by atoms with Crippen LogP contribution in [0.1, 0.15) is 23.0 Å². The first-order valence-corrected chi connectivity index (χ1v) is 9.12. The van der Waals surface area contributed by atoms with Crippen LogP contribution < -0.4 is 5.32 Å². The number of hydrogen-bond acceptors (Lipinski definition) is 4. The fourth-order valence-corrected chi connectivity index (χ4v) is 4.57. The van der Waals surface area contributed by atoms with E-state index in [9.17, 15) is 8.42 Å². The predicted molar refractivity (Wildman–Crippen MR) is 88.6 cm³/mol. The maximum Gasteiger partial charge on any atom is 0.243 e. The van der Waals surface area contributed by atoms with E-state index in [1.165, 1.54) is 0 Å². The van der Waals surface area contributed by atoms with Gasteiger partial charge in [0.25, 0.3) is 0 Å². The van der Waals surface area contributed by atoms with Crippen molar-refractivity contribution in [2.24, 2.45) is 7.05 Å². The van der Waals surface area contributed by atoms with Crippen molar-refractivity contribution in [1.29, 1.82) is 0 Å². The van der Waals surface area contributed by atoms with Crippen molar-refractivity contribution in [2.75, 3.05) is 19.6 Å². The molecule has 0 radical (unpaired) electrons. The number of sulfonamides is 1. The molecule has 1 unspecified atom stereocenters. The molecule has 124 valence electrons. The van der Waals surface area contributed by atoms with Crippen LogP contribution in [0.2, 0.25) is 0 Å². The minimum Gasteiger partial charge on any atom is -0.337 e. The van der Waals surface area contributed by atoms with E-state index in [-0.39, 0.29) is 6.04 Å². The zero-order valence-electron chi connectivity index (χ0n) is 13.7. The summed E-state index contributed by atoms with van der Waals surface area (Å²) in [5.41, 5.74) is 2.07. The third-order valence-corrected chi connectivity index (χ3v) is 6.34. The smallest absolute Gasteiger partial charge is 0.243 e. The molecule has 1 atom stereocenters. The van der Waals surface area contributed by atoms with Gasteiger partial charge in [0, 0.05) is 39.1 Å². The lowest BCUT2D eigenvalue weighted by Crippen LogP contribution is -2.49. The summed E-state index contributed by atoms with van der Waals surface area (Å²) in [6.45, 7) is 5.56. The summed E-state index contributed by atoms with van der Waals surface area (Å²) in [5, 5.41) is 3.26. The van der Waals surface area contributed by atoms with E-state index in [0.717, 1.165) is 17.0 Å². The molecule has 1 aromatic carbocycles. The van der Waals surface area contributed by atoms with E-state index < -0.39 is 10.0 Å². The third-order valence-electron chi connectivity index (χ3n) is 4.44. The molecule has 6 nitrogen and oxygen atoms in total. The summed E-state index contributed by atoms with van der Waals surface area (Å²) in [6.07, 6.45) is 3.54. The van der Waals surface area contributed by atoms with Crippen LogP contribution in [-0.4, -0.2) is 41.9 Å². The summed E-state index contributed by atoms with van der Waals surface area (Å²) in [4.78, 5) is 4.69. The van der Waals surface area contributed by atoms with Crippen molar-refractivity contribution in [1.82, 2.24) is 19.2 Å². The number of imidazole rings is 1. The summed E-state index contributed by atoms with van der Waals surface area (Å²) < 4.78 is 29.7. The average Bonchev–Trinajstić information content (AvgIpc) is 2.96. The largest absolute Gasteiger partial charge is 0.337 e. The van der Waals surface area contributed by atoms with Crippen molar-refractivity contribution in [3.05, 3.63) is 47.5 Å². The molecule has 0 saturated carbocycles. The third kappa shape index (κ3) is 2.91. The lowest BCUT2D eigenvalue weighted by Gasteiger charge is -2.34. The fraction of sp³-hybridized carbons (Fsp3) is 0.438.